The summed E-state index contributed by atoms with van der Waals surface area (Å²) in [5.74, 6) is 1.32. The van der Waals surface area contributed by atoms with Gasteiger partial charge in [-0.3, -0.25) is 15.2 Å². The van der Waals surface area contributed by atoms with Crippen molar-refractivity contribution in [3.8, 4) is 22.8 Å². The van der Waals surface area contributed by atoms with Crippen molar-refractivity contribution in [2.24, 2.45) is 0 Å². The molecule has 0 radical (unpaired) electrons. The second kappa shape index (κ2) is 8.28. The lowest BCUT2D eigenvalue weighted by molar-refractivity contribution is 0.0778. The molecule has 0 saturated carbocycles. The maximum absolute atomic E-state index is 12.7. The number of fused-ring (bicyclic) bond motifs is 1. The van der Waals surface area contributed by atoms with E-state index in [0.29, 0.717) is 25.4 Å². The highest BCUT2D eigenvalue weighted by molar-refractivity contribution is 5.92. The number of aromatic nitrogens is 2. The minimum atomic E-state index is -0.287. The Labute approximate surface area is 169 Å². The zero-order chi connectivity index (χ0) is 20.2. The Bertz CT molecular complexity index is 1020. The summed E-state index contributed by atoms with van der Waals surface area (Å²) in [6.07, 6.45) is 3.12. The highest BCUT2D eigenvalue weighted by Gasteiger charge is 2.22. The van der Waals surface area contributed by atoms with E-state index in [1.807, 2.05) is 54.4 Å². The van der Waals surface area contributed by atoms with Gasteiger partial charge in [-0.05, 0) is 54.4 Å². The van der Waals surface area contributed by atoms with Gasteiger partial charge in [0.2, 0.25) is 0 Å². The van der Waals surface area contributed by atoms with Crippen molar-refractivity contribution in [2.45, 2.75) is 20.0 Å². The Morgan fingerprint density at radius 3 is 2.59 bits per heavy atom. The number of amides is 1. The van der Waals surface area contributed by atoms with E-state index in [2.05, 4.69) is 15.4 Å². The number of hydrogen-bond donors (Lipinski definition) is 1. The number of carbonyl (C=O) groups excluding carboxylic acids is 1. The van der Waals surface area contributed by atoms with E-state index in [0.717, 1.165) is 22.6 Å². The summed E-state index contributed by atoms with van der Waals surface area (Å²) >= 11 is 0. The molecule has 7 heteroatoms. The quantitative estimate of drug-likeness (QED) is 0.697. The lowest BCUT2D eigenvalue weighted by Crippen LogP contribution is -2.38. The van der Waals surface area contributed by atoms with Crippen molar-refractivity contribution in [3.05, 3.63) is 71.7 Å². The van der Waals surface area contributed by atoms with Crippen molar-refractivity contribution >= 4 is 5.91 Å². The number of methoxy groups -OCH3 is 1. The van der Waals surface area contributed by atoms with E-state index in [4.69, 9.17) is 9.47 Å². The van der Waals surface area contributed by atoms with Gasteiger partial charge in [0.15, 0.2) is 0 Å². The van der Waals surface area contributed by atoms with Crippen LogP contribution in [0.15, 0.2) is 54.9 Å². The molecule has 1 N–H and O–H groups in total. The number of benzene rings is 2. The molecule has 3 aromatic rings. The van der Waals surface area contributed by atoms with E-state index < -0.39 is 0 Å². The first kappa shape index (κ1) is 18.9. The SMILES string of the molecule is CCOc1ccc(-c2cncc(C(=O)NN3Cc4ccc(OC)cc4C3)n2)cc1. The van der Waals surface area contributed by atoms with Crippen LogP contribution in [0.1, 0.15) is 28.5 Å². The highest BCUT2D eigenvalue weighted by Crippen LogP contribution is 2.25. The highest BCUT2D eigenvalue weighted by atomic mass is 16.5. The average Bonchev–Trinajstić information content (AvgIpc) is 3.16. The molecule has 1 aliphatic rings. The first-order valence-electron chi connectivity index (χ1n) is 9.43. The molecular formula is C22H22N4O3. The van der Waals surface area contributed by atoms with E-state index >= 15 is 0 Å². The molecule has 1 aromatic heterocycles. The van der Waals surface area contributed by atoms with Gasteiger partial charge in [0.1, 0.15) is 17.2 Å². The number of nitrogens with one attached hydrogen (secondary N) is 1. The van der Waals surface area contributed by atoms with Crippen molar-refractivity contribution in [2.75, 3.05) is 13.7 Å². The molecule has 0 bridgehead atoms. The molecule has 0 atom stereocenters. The smallest absolute Gasteiger partial charge is 0.285 e. The van der Waals surface area contributed by atoms with Gasteiger partial charge in [-0.1, -0.05) is 6.07 Å². The fourth-order valence-corrected chi connectivity index (χ4v) is 3.28. The number of ether oxygens (including phenoxy) is 2. The predicted molar refractivity (Wildman–Crippen MR) is 108 cm³/mol. The predicted octanol–water partition coefficient (Wildman–Crippen LogP) is 3.21. The summed E-state index contributed by atoms with van der Waals surface area (Å²) in [5, 5.41) is 1.86. The van der Waals surface area contributed by atoms with Crippen LogP contribution in [0.3, 0.4) is 0 Å². The maximum Gasteiger partial charge on any atom is 0.285 e. The molecular weight excluding hydrogens is 368 g/mol. The second-order valence-corrected chi connectivity index (χ2v) is 6.68. The Morgan fingerprint density at radius 2 is 1.83 bits per heavy atom. The molecule has 0 unspecified atom stereocenters. The van der Waals surface area contributed by atoms with Gasteiger partial charge in [-0.15, -0.1) is 0 Å². The largest absolute Gasteiger partial charge is 0.497 e. The number of rotatable bonds is 6. The first-order chi connectivity index (χ1) is 14.2. The normalized spacial score (nSPS) is 13.0. The fourth-order valence-electron chi connectivity index (χ4n) is 3.28. The molecule has 2 heterocycles. The Morgan fingerprint density at radius 1 is 1.07 bits per heavy atom. The number of hydrogen-bond acceptors (Lipinski definition) is 6. The van der Waals surface area contributed by atoms with Crippen molar-refractivity contribution in [1.29, 1.82) is 0 Å². The van der Waals surface area contributed by atoms with Gasteiger partial charge in [-0.2, -0.15) is 0 Å². The minimum Gasteiger partial charge on any atom is -0.497 e. The van der Waals surface area contributed by atoms with Crippen LogP contribution in [0.25, 0.3) is 11.3 Å². The lowest BCUT2D eigenvalue weighted by Gasteiger charge is -2.16. The van der Waals surface area contributed by atoms with Crippen LogP contribution in [0.5, 0.6) is 11.5 Å². The summed E-state index contributed by atoms with van der Waals surface area (Å²) < 4.78 is 10.7. The van der Waals surface area contributed by atoms with Gasteiger partial charge in [0.25, 0.3) is 5.91 Å². The molecule has 0 spiro atoms. The van der Waals surface area contributed by atoms with Gasteiger partial charge in [-0.25, -0.2) is 9.99 Å². The molecule has 1 aliphatic heterocycles. The summed E-state index contributed by atoms with van der Waals surface area (Å²) in [6.45, 7) is 3.81. The van der Waals surface area contributed by atoms with Gasteiger partial charge in [0, 0.05) is 18.7 Å². The summed E-state index contributed by atoms with van der Waals surface area (Å²) in [6, 6.07) is 13.5. The third-order valence-corrected chi connectivity index (χ3v) is 4.72. The third-order valence-electron chi connectivity index (χ3n) is 4.72. The summed E-state index contributed by atoms with van der Waals surface area (Å²) in [5.41, 5.74) is 6.99. The standard InChI is InChI=1S/C22H22N4O3/c1-3-29-18-7-4-15(5-8-18)20-11-23-12-21(24-20)22(27)25-26-13-16-6-9-19(28-2)10-17(16)14-26/h4-12H,3,13-14H2,1-2H3,(H,25,27). The minimum absolute atomic E-state index is 0.268. The molecule has 7 nitrogen and oxygen atoms in total. The van der Waals surface area contributed by atoms with E-state index in [1.54, 1.807) is 13.3 Å². The zero-order valence-corrected chi connectivity index (χ0v) is 16.4. The molecule has 0 fully saturated rings. The second-order valence-electron chi connectivity index (χ2n) is 6.68. The molecule has 0 aliphatic carbocycles. The van der Waals surface area contributed by atoms with Crippen LogP contribution < -0.4 is 14.9 Å². The Kier molecular flexibility index (Phi) is 5.39. The average molecular weight is 390 g/mol. The monoisotopic (exact) mass is 390 g/mol. The van der Waals surface area contributed by atoms with Crippen molar-refractivity contribution < 1.29 is 14.3 Å². The first-order valence-corrected chi connectivity index (χ1v) is 9.43. The fraction of sp³-hybridized carbons (Fsp3) is 0.227. The van der Waals surface area contributed by atoms with Gasteiger partial charge in [0.05, 0.1) is 31.8 Å². The molecule has 2 aromatic carbocycles. The Balaban J connectivity index is 1.45. The lowest BCUT2D eigenvalue weighted by atomic mass is 10.1. The number of carbonyl (C=O) groups is 1. The molecule has 4 rings (SSSR count). The number of hydrazine groups is 1. The summed E-state index contributed by atoms with van der Waals surface area (Å²) in [7, 11) is 1.65. The third kappa shape index (κ3) is 4.20. The van der Waals surface area contributed by atoms with Crippen molar-refractivity contribution in [3.63, 3.8) is 0 Å². The zero-order valence-electron chi connectivity index (χ0n) is 16.4. The Hall–Kier alpha value is -3.45. The van der Waals surface area contributed by atoms with E-state index in [9.17, 15) is 4.79 Å². The van der Waals surface area contributed by atoms with Crippen LogP contribution in [-0.4, -0.2) is 34.6 Å². The number of nitrogens with zero attached hydrogens (tertiary/aromatic N) is 3. The summed E-state index contributed by atoms with van der Waals surface area (Å²) in [4.78, 5) is 21.4. The topological polar surface area (TPSA) is 76.6 Å². The van der Waals surface area contributed by atoms with E-state index in [1.165, 1.54) is 11.8 Å². The van der Waals surface area contributed by atoms with Crippen LogP contribution in [0, 0.1) is 0 Å². The molecule has 29 heavy (non-hydrogen) atoms. The van der Waals surface area contributed by atoms with Crippen LogP contribution >= 0.6 is 0 Å². The van der Waals surface area contributed by atoms with Gasteiger partial charge >= 0.3 is 0 Å². The van der Waals surface area contributed by atoms with Crippen LogP contribution in [0.2, 0.25) is 0 Å². The maximum atomic E-state index is 12.7. The van der Waals surface area contributed by atoms with Gasteiger partial charge < -0.3 is 9.47 Å². The van der Waals surface area contributed by atoms with Crippen LogP contribution in [-0.2, 0) is 13.1 Å². The molecule has 1 amide bonds. The molecule has 0 saturated heterocycles. The molecule has 148 valence electrons. The van der Waals surface area contributed by atoms with E-state index in [-0.39, 0.29) is 11.6 Å². The van der Waals surface area contributed by atoms with Crippen molar-refractivity contribution in [1.82, 2.24) is 20.4 Å². The van der Waals surface area contributed by atoms with Crippen LogP contribution in [0.4, 0.5) is 0 Å².